The highest BCUT2D eigenvalue weighted by molar-refractivity contribution is 5.43. The molecule has 4 nitrogen and oxygen atoms in total. The van der Waals surface area contributed by atoms with Crippen molar-refractivity contribution in [2.75, 3.05) is 13.7 Å². The third-order valence-corrected chi connectivity index (χ3v) is 3.88. The molecule has 1 aliphatic rings. The van der Waals surface area contributed by atoms with E-state index in [4.69, 9.17) is 9.47 Å². The first-order valence-electron chi connectivity index (χ1n) is 7.56. The lowest BCUT2D eigenvalue weighted by Crippen LogP contribution is -2.41. The van der Waals surface area contributed by atoms with Crippen LogP contribution in [0.5, 0.6) is 11.5 Å². The van der Waals surface area contributed by atoms with Gasteiger partial charge in [-0.2, -0.15) is 0 Å². The Bertz CT molecular complexity index is 461. The molecule has 0 radical (unpaired) electrons. The molecule has 0 bridgehead atoms. The summed E-state index contributed by atoms with van der Waals surface area (Å²) in [6, 6.07) is 6.10. The second-order valence-electron chi connectivity index (χ2n) is 5.42. The van der Waals surface area contributed by atoms with E-state index in [9.17, 15) is 5.11 Å². The van der Waals surface area contributed by atoms with Gasteiger partial charge in [0.15, 0.2) is 11.5 Å². The Kier molecular flexibility index (Phi) is 6.08. The van der Waals surface area contributed by atoms with E-state index >= 15 is 0 Å². The van der Waals surface area contributed by atoms with E-state index in [-0.39, 0.29) is 12.1 Å². The molecule has 2 atom stereocenters. The molecule has 1 saturated carbocycles. The monoisotopic (exact) mass is 291 g/mol. The summed E-state index contributed by atoms with van der Waals surface area (Å²) in [5.74, 6) is 1.44. The van der Waals surface area contributed by atoms with Gasteiger partial charge >= 0.3 is 0 Å². The fourth-order valence-electron chi connectivity index (χ4n) is 2.69. The molecule has 0 saturated heterocycles. The highest BCUT2D eigenvalue weighted by Gasteiger charge is 2.22. The molecule has 0 spiro atoms. The van der Waals surface area contributed by atoms with Crippen LogP contribution in [-0.4, -0.2) is 31.0 Å². The number of rotatable bonds is 7. The summed E-state index contributed by atoms with van der Waals surface area (Å²) >= 11 is 0. The van der Waals surface area contributed by atoms with Crippen molar-refractivity contribution in [3.05, 3.63) is 36.4 Å². The average Bonchev–Trinajstić information content (AvgIpc) is 2.52. The fraction of sp³-hybridized carbons (Fsp3) is 0.529. The summed E-state index contributed by atoms with van der Waals surface area (Å²) in [5.41, 5.74) is 1.12. The van der Waals surface area contributed by atoms with Crippen LogP contribution in [0.1, 0.15) is 31.2 Å². The third-order valence-electron chi connectivity index (χ3n) is 3.88. The van der Waals surface area contributed by atoms with Gasteiger partial charge in [-0.3, -0.25) is 0 Å². The smallest absolute Gasteiger partial charge is 0.161 e. The van der Waals surface area contributed by atoms with Gasteiger partial charge in [-0.25, -0.2) is 0 Å². The van der Waals surface area contributed by atoms with Crippen molar-refractivity contribution >= 4 is 0 Å². The molecular weight excluding hydrogens is 266 g/mol. The van der Waals surface area contributed by atoms with Crippen molar-refractivity contribution < 1.29 is 14.6 Å². The second kappa shape index (κ2) is 8.05. The number of methoxy groups -OCH3 is 1. The zero-order valence-corrected chi connectivity index (χ0v) is 12.7. The summed E-state index contributed by atoms with van der Waals surface area (Å²) in [6.45, 7) is 4.82. The molecule has 0 amide bonds. The largest absolute Gasteiger partial charge is 0.493 e. The first kappa shape index (κ1) is 15.9. The number of hydrogen-bond acceptors (Lipinski definition) is 4. The van der Waals surface area contributed by atoms with Crippen LogP contribution in [0.15, 0.2) is 30.9 Å². The summed E-state index contributed by atoms with van der Waals surface area (Å²) in [6.07, 6.45) is 5.73. The molecule has 2 unspecified atom stereocenters. The number of benzene rings is 1. The molecule has 0 aliphatic heterocycles. The molecule has 1 fully saturated rings. The highest BCUT2D eigenvalue weighted by atomic mass is 16.5. The summed E-state index contributed by atoms with van der Waals surface area (Å²) in [4.78, 5) is 0. The van der Waals surface area contributed by atoms with Crippen LogP contribution in [0.4, 0.5) is 0 Å². The summed E-state index contributed by atoms with van der Waals surface area (Å²) in [5, 5.41) is 13.4. The highest BCUT2D eigenvalue weighted by Crippen LogP contribution is 2.28. The predicted molar refractivity (Wildman–Crippen MR) is 83.8 cm³/mol. The number of aliphatic hydroxyl groups excluding tert-OH is 1. The number of aliphatic hydroxyl groups is 1. The minimum absolute atomic E-state index is 0.196. The van der Waals surface area contributed by atoms with E-state index in [2.05, 4.69) is 11.9 Å². The molecule has 1 aliphatic carbocycles. The maximum absolute atomic E-state index is 9.97. The van der Waals surface area contributed by atoms with Gasteiger partial charge in [-0.05, 0) is 30.5 Å². The molecule has 0 heterocycles. The number of ether oxygens (including phenoxy) is 2. The summed E-state index contributed by atoms with van der Waals surface area (Å²) in [7, 11) is 1.64. The lowest BCUT2D eigenvalue weighted by atomic mass is 9.92. The number of hydrogen-bond donors (Lipinski definition) is 2. The quantitative estimate of drug-likeness (QED) is 0.758. The minimum atomic E-state index is -0.226. The topological polar surface area (TPSA) is 50.7 Å². The Morgan fingerprint density at radius 3 is 2.86 bits per heavy atom. The average molecular weight is 291 g/mol. The maximum atomic E-state index is 9.97. The van der Waals surface area contributed by atoms with E-state index in [0.29, 0.717) is 6.61 Å². The number of nitrogens with one attached hydrogen (secondary N) is 1. The molecule has 1 aromatic rings. The van der Waals surface area contributed by atoms with Crippen LogP contribution in [0.25, 0.3) is 0 Å². The Labute approximate surface area is 126 Å². The van der Waals surface area contributed by atoms with Gasteiger partial charge < -0.3 is 19.9 Å². The van der Waals surface area contributed by atoms with Gasteiger partial charge in [-0.15, -0.1) is 0 Å². The maximum Gasteiger partial charge on any atom is 0.161 e. The van der Waals surface area contributed by atoms with E-state index < -0.39 is 0 Å². The Balaban J connectivity index is 1.95. The SMILES string of the molecule is C=CCOc1ccc(CNC2CCCCC2O)cc1OC. The lowest BCUT2D eigenvalue weighted by Gasteiger charge is -2.28. The van der Waals surface area contributed by atoms with Crippen molar-refractivity contribution in [2.45, 2.75) is 44.4 Å². The normalized spacial score (nSPS) is 21.8. The molecule has 116 valence electrons. The van der Waals surface area contributed by atoms with Gasteiger partial charge in [0.05, 0.1) is 13.2 Å². The molecule has 1 aromatic carbocycles. The van der Waals surface area contributed by atoms with Crippen LogP contribution in [0.3, 0.4) is 0 Å². The van der Waals surface area contributed by atoms with Crippen LogP contribution < -0.4 is 14.8 Å². The second-order valence-corrected chi connectivity index (χ2v) is 5.42. The summed E-state index contributed by atoms with van der Waals surface area (Å²) < 4.78 is 10.9. The third kappa shape index (κ3) is 4.48. The van der Waals surface area contributed by atoms with Crippen molar-refractivity contribution in [3.8, 4) is 11.5 Å². The van der Waals surface area contributed by atoms with E-state index in [1.807, 2.05) is 18.2 Å². The molecular formula is C17H25NO3. The van der Waals surface area contributed by atoms with E-state index in [1.54, 1.807) is 13.2 Å². The zero-order chi connectivity index (χ0) is 15.1. The van der Waals surface area contributed by atoms with Gasteiger partial charge in [-0.1, -0.05) is 31.6 Å². The van der Waals surface area contributed by atoms with Crippen molar-refractivity contribution in [1.82, 2.24) is 5.32 Å². The Hall–Kier alpha value is -1.52. The molecule has 0 aromatic heterocycles. The zero-order valence-electron chi connectivity index (χ0n) is 12.7. The van der Waals surface area contributed by atoms with E-state index in [0.717, 1.165) is 42.9 Å². The Morgan fingerprint density at radius 2 is 2.14 bits per heavy atom. The van der Waals surface area contributed by atoms with Gasteiger partial charge in [0.2, 0.25) is 0 Å². The van der Waals surface area contributed by atoms with Crippen molar-refractivity contribution in [3.63, 3.8) is 0 Å². The van der Waals surface area contributed by atoms with Crippen LogP contribution in [-0.2, 0) is 6.54 Å². The fourth-order valence-corrected chi connectivity index (χ4v) is 2.69. The van der Waals surface area contributed by atoms with Crippen molar-refractivity contribution in [1.29, 1.82) is 0 Å². The molecule has 4 heteroatoms. The van der Waals surface area contributed by atoms with Gasteiger partial charge in [0.1, 0.15) is 6.61 Å². The van der Waals surface area contributed by atoms with Crippen molar-refractivity contribution in [2.24, 2.45) is 0 Å². The Morgan fingerprint density at radius 1 is 1.33 bits per heavy atom. The lowest BCUT2D eigenvalue weighted by molar-refractivity contribution is 0.0902. The van der Waals surface area contributed by atoms with Crippen LogP contribution >= 0.6 is 0 Å². The first-order valence-corrected chi connectivity index (χ1v) is 7.56. The predicted octanol–water partition coefficient (Wildman–Crippen LogP) is 2.65. The van der Waals surface area contributed by atoms with Gasteiger partial charge in [0.25, 0.3) is 0 Å². The minimum Gasteiger partial charge on any atom is -0.493 e. The molecule has 21 heavy (non-hydrogen) atoms. The molecule has 2 N–H and O–H groups in total. The van der Waals surface area contributed by atoms with Gasteiger partial charge in [0, 0.05) is 12.6 Å². The standard InChI is InChI=1S/C17H25NO3/c1-3-10-21-16-9-8-13(11-17(16)20-2)12-18-14-6-4-5-7-15(14)19/h3,8-9,11,14-15,18-19H,1,4-7,10,12H2,2H3. The van der Waals surface area contributed by atoms with E-state index in [1.165, 1.54) is 6.42 Å². The van der Waals surface area contributed by atoms with Crippen LogP contribution in [0.2, 0.25) is 0 Å². The first-order chi connectivity index (χ1) is 10.2. The molecule has 2 rings (SSSR count). The van der Waals surface area contributed by atoms with Crippen LogP contribution in [0, 0.1) is 0 Å².